The number of hydrazine groups is 1. The average Bonchev–Trinajstić information content (AvgIpc) is 2.30. The lowest BCUT2D eigenvalue weighted by Gasteiger charge is -2.11. The number of benzene rings is 1. The topological polar surface area (TPSA) is 84.7 Å². The zero-order chi connectivity index (χ0) is 12.8. The molecule has 0 atom stereocenters. The maximum atomic E-state index is 11.3. The van der Waals surface area contributed by atoms with Gasteiger partial charge in [0.2, 0.25) is 0 Å². The monoisotopic (exact) mass is 237 g/mol. The van der Waals surface area contributed by atoms with Crippen molar-refractivity contribution in [1.82, 2.24) is 5.01 Å². The number of esters is 1. The highest BCUT2D eigenvalue weighted by Gasteiger charge is 2.07. The van der Waals surface area contributed by atoms with Crippen LogP contribution in [0.15, 0.2) is 24.3 Å². The molecule has 1 aromatic carbocycles. The Balaban J connectivity index is 2.68. The first-order valence-electron chi connectivity index (χ1n) is 5.11. The van der Waals surface area contributed by atoms with E-state index < -0.39 is 6.03 Å². The molecule has 1 rings (SSSR count). The highest BCUT2D eigenvalue weighted by atomic mass is 16.5. The summed E-state index contributed by atoms with van der Waals surface area (Å²) in [6, 6.07) is 5.92. The minimum absolute atomic E-state index is 0.329. The fraction of sp³-hybridized carbons (Fsp3) is 0.273. The maximum absolute atomic E-state index is 11.3. The van der Waals surface area contributed by atoms with Gasteiger partial charge >= 0.3 is 12.0 Å². The molecule has 0 saturated carbocycles. The van der Waals surface area contributed by atoms with Crippen molar-refractivity contribution in [2.75, 3.05) is 19.0 Å². The van der Waals surface area contributed by atoms with E-state index >= 15 is 0 Å². The summed E-state index contributed by atoms with van der Waals surface area (Å²) in [6.45, 7) is 2.07. The SMILES string of the molecule is CCOC(=O)c1ccc(NC(=O)N(C)N)cc1. The number of ether oxygens (including phenoxy) is 1. The first-order chi connectivity index (χ1) is 8.04. The van der Waals surface area contributed by atoms with E-state index in [1.807, 2.05) is 0 Å². The van der Waals surface area contributed by atoms with Crippen molar-refractivity contribution >= 4 is 17.7 Å². The summed E-state index contributed by atoms with van der Waals surface area (Å²) in [4.78, 5) is 22.6. The quantitative estimate of drug-likeness (QED) is 0.358. The van der Waals surface area contributed by atoms with E-state index in [1.54, 1.807) is 31.2 Å². The lowest BCUT2D eigenvalue weighted by atomic mass is 10.2. The van der Waals surface area contributed by atoms with Crippen LogP contribution in [0.5, 0.6) is 0 Å². The molecule has 0 bridgehead atoms. The standard InChI is InChI=1S/C11H15N3O3/c1-3-17-10(15)8-4-6-9(7-5-8)13-11(16)14(2)12/h4-7H,3,12H2,1-2H3,(H,13,16). The van der Waals surface area contributed by atoms with Crippen LogP contribution in [0.2, 0.25) is 0 Å². The van der Waals surface area contributed by atoms with E-state index in [9.17, 15) is 9.59 Å². The largest absolute Gasteiger partial charge is 0.462 e. The van der Waals surface area contributed by atoms with Crippen molar-refractivity contribution in [2.45, 2.75) is 6.92 Å². The molecule has 0 aliphatic carbocycles. The van der Waals surface area contributed by atoms with E-state index in [2.05, 4.69) is 5.32 Å². The number of nitrogens with zero attached hydrogens (tertiary/aromatic N) is 1. The Kier molecular flexibility index (Phi) is 4.47. The normalized spacial score (nSPS) is 9.59. The third-order valence-electron chi connectivity index (χ3n) is 1.97. The number of hydrogen-bond acceptors (Lipinski definition) is 4. The number of anilines is 1. The van der Waals surface area contributed by atoms with Crippen LogP contribution in [0.1, 0.15) is 17.3 Å². The average molecular weight is 237 g/mol. The van der Waals surface area contributed by atoms with Gasteiger partial charge in [0.15, 0.2) is 0 Å². The molecule has 0 unspecified atom stereocenters. The fourth-order valence-corrected chi connectivity index (χ4v) is 1.12. The van der Waals surface area contributed by atoms with Gasteiger partial charge < -0.3 is 10.1 Å². The third-order valence-corrected chi connectivity index (χ3v) is 1.97. The molecule has 17 heavy (non-hydrogen) atoms. The number of urea groups is 1. The Bertz CT molecular complexity index is 401. The first kappa shape index (κ1) is 13.0. The van der Waals surface area contributed by atoms with Crippen molar-refractivity contribution < 1.29 is 14.3 Å². The molecule has 0 aliphatic rings. The highest BCUT2D eigenvalue weighted by Crippen LogP contribution is 2.10. The maximum Gasteiger partial charge on any atom is 0.338 e. The molecule has 0 saturated heterocycles. The zero-order valence-corrected chi connectivity index (χ0v) is 9.77. The van der Waals surface area contributed by atoms with Gasteiger partial charge in [0, 0.05) is 12.7 Å². The van der Waals surface area contributed by atoms with Crippen LogP contribution in [0.3, 0.4) is 0 Å². The minimum Gasteiger partial charge on any atom is -0.462 e. The van der Waals surface area contributed by atoms with E-state index in [-0.39, 0.29) is 5.97 Å². The van der Waals surface area contributed by atoms with E-state index in [0.717, 1.165) is 5.01 Å². The molecule has 6 heteroatoms. The fourth-order valence-electron chi connectivity index (χ4n) is 1.12. The number of hydrogen-bond donors (Lipinski definition) is 2. The van der Waals surface area contributed by atoms with Gasteiger partial charge in [0.05, 0.1) is 12.2 Å². The molecule has 1 aromatic rings. The minimum atomic E-state index is -0.436. The Morgan fingerprint density at radius 2 is 1.94 bits per heavy atom. The second-order valence-electron chi connectivity index (χ2n) is 3.34. The molecule has 0 fully saturated rings. The van der Waals surface area contributed by atoms with E-state index in [4.69, 9.17) is 10.6 Å². The summed E-state index contributed by atoms with van der Waals surface area (Å²) in [5, 5.41) is 3.48. The number of amides is 2. The van der Waals surface area contributed by atoms with Crippen LogP contribution in [0, 0.1) is 0 Å². The van der Waals surface area contributed by atoms with Gasteiger partial charge in [-0.05, 0) is 31.2 Å². The molecule has 2 amide bonds. The molecule has 0 heterocycles. The van der Waals surface area contributed by atoms with Gasteiger partial charge in [0.1, 0.15) is 0 Å². The molecular weight excluding hydrogens is 222 g/mol. The summed E-state index contributed by atoms with van der Waals surface area (Å²) in [5.41, 5.74) is 0.992. The summed E-state index contributed by atoms with van der Waals surface area (Å²) in [5.74, 6) is 4.86. The van der Waals surface area contributed by atoms with Crippen LogP contribution in [-0.4, -0.2) is 30.7 Å². The lowest BCUT2D eigenvalue weighted by Crippen LogP contribution is -2.36. The van der Waals surface area contributed by atoms with Crippen molar-refractivity contribution in [3.05, 3.63) is 29.8 Å². The second kappa shape index (κ2) is 5.86. The van der Waals surface area contributed by atoms with Crippen molar-refractivity contribution in [2.24, 2.45) is 5.84 Å². The molecule has 3 N–H and O–H groups in total. The molecule has 92 valence electrons. The van der Waals surface area contributed by atoms with Gasteiger partial charge in [-0.2, -0.15) is 0 Å². The number of carbonyl (C=O) groups excluding carboxylic acids is 2. The van der Waals surface area contributed by atoms with Gasteiger partial charge in [-0.3, -0.25) is 5.01 Å². The van der Waals surface area contributed by atoms with E-state index in [0.29, 0.717) is 17.9 Å². The van der Waals surface area contributed by atoms with Crippen LogP contribution >= 0.6 is 0 Å². The first-order valence-corrected chi connectivity index (χ1v) is 5.11. The van der Waals surface area contributed by atoms with Gasteiger partial charge in [0.25, 0.3) is 0 Å². The van der Waals surface area contributed by atoms with Crippen LogP contribution in [0.4, 0.5) is 10.5 Å². The molecule has 0 aromatic heterocycles. The Hall–Kier alpha value is -2.08. The van der Waals surface area contributed by atoms with E-state index in [1.165, 1.54) is 7.05 Å². The lowest BCUT2D eigenvalue weighted by molar-refractivity contribution is 0.0526. The predicted octanol–water partition coefficient (Wildman–Crippen LogP) is 1.20. The zero-order valence-electron chi connectivity index (χ0n) is 9.77. The molecule has 0 radical (unpaired) electrons. The van der Waals surface area contributed by atoms with Gasteiger partial charge in [-0.25, -0.2) is 15.4 Å². The smallest absolute Gasteiger partial charge is 0.338 e. The van der Waals surface area contributed by atoms with Gasteiger partial charge in [-0.1, -0.05) is 0 Å². The second-order valence-corrected chi connectivity index (χ2v) is 3.34. The van der Waals surface area contributed by atoms with Gasteiger partial charge in [-0.15, -0.1) is 0 Å². The summed E-state index contributed by atoms with van der Waals surface area (Å²) < 4.78 is 4.83. The molecular formula is C11H15N3O3. The number of nitrogens with one attached hydrogen (secondary N) is 1. The summed E-state index contributed by atoms with van der Waals surface area (Å²) in [7, 11) is 1.43. The summed E-state index contributed by atoms with van der Waals surface area (Å²) >= 11 is 0. The Morgan fingerprint density at radius 3 is 2.41 bits per heavy atom. The molecule has 0 aliphatic heterocycles. The number of rotatable bonds is 3. The highest BCUT2D eigenvalue weighted by molar-refractivity contribution is 5.92. The number of nitrogens with two attached hydrogens (primary N) is 1. The predicted molar refractivity (Wildman–Crippen MR) is 63.4 cm³/mol. The molecule has 0 spiro atoms. The van der Waals surface area contributed by atoms with Crippen molar-refractivity contribution in [3.8, 4) is 0 Å². The van der Waals surface area contributed by atoms with Crippen LogP contribution in [-0.2, 0) is 4.74 Å². The number of carbonyl (C=O) groups is 2. The van der Waals surface area contributed by atoms with Crippen molar-refractivity contribution in [1.29, 1.82) is 0 Å². The summed E-state index contributed by atoms with van der Waals surface area (Å²) in [6.07, 6.45) is 0. The Labute approximate surface area is 99.3 Å². The van der Waals surface area contributed by atoms with Crippen LogP contribution < -0.4 is 11.2 Å². The van der Waals surface area contributed by atoms with Crippen LogP contribution in [0.25, 0.3) is 0 Å². The third kappa shape index (κ3) is 3.76. The molecule has 6 nitrogen and oxygen atoms in total. The Morgan fingerprint density at radius 1 is 1.35 bits per heavy atom. The van der Waals surface area contributed by atoms with Crippen molar-refractivity contribution in [3.63, 3.8) is 0 Å².